The van der Waals surface area contributed by atoms with E-state index in [0.717, 1.165) is 21.9 Å². The van der Waals surface area contributed by atoms with Crippen molar-refractivity contribution >= 4 is 17.3 Å². The Hall–Kier alpha value is -2.66. The van der Waals surface area contributed by atoms with Crippen LogP contribution in [0.1, 0.15) is 23.0 Å². The molecule has 0 fully saturated rings. The SMILES string of the molecule is CCOc1ccc(-c2nc(C(=O)OCc3ccccc3)cs2)cc1. The van der Waals surface area contributed by atoms with Crippen molar-refractivity contribution < 1.29 is 14.3 Å². The summed E-state index contributed by atoms with van der Waals surface area (Å²) in [4.78, 5) is 16.5. The van der Waals surface area contributed by atoms with E-state index in [1.54, 1.807) is 5.38 Å². The number of ether oxygens (including phenoxy) is 2. The zero-order valence-electron chi connectivity index (χ0n) is 13.3. The molecule has 3 aromatic rings. The van der Waals surface area contributed by atoms with Gasteiger partial charge in [0.2, 0.25) is 0 Å². The second kappa shape index (κ2) is 7.75. The van der Waals surface area contributed by atoms with Crippen molar-refractivity contribution in [3.05, 3.63) is 71.2 Å². The molecule has 4 nitrogen and oxygen atoms in total. The van der Waals surface area contributed by atoms with Gasteiger partial charge in [0.25, 0.3) is 0 Å². The predicted molar refractivity (Wildman–Crippen MR) is 94.3 cm³/mol. The lowest BCUT2D eigenvalue weighted by atomic mass is 10.2. The van der Waals surface area contributed by atoms with Gasteiger partial charge in [0.05, 0.1) is 6.61 Å². The van der Waals surface area contributed by atoms with Gasteiger partial charge in [0.15, 0.2) is 5.69 Å². The summed E-state index contributed by atoms with van der Waals surface area (Å²) >= 11 is 1.42. The number of esters is 1. The van der Waals surface area contributed by atoms with Crippen LogP contribution in [0, 0.1) is 0 Å². The van der Waals surface area contributed by atoms with Crippen LogP contribution in [-0.2, 0) is 11.3 Å². The molecule has 0 amide bonds. The molecule has 0 N–H and O–H groups in total. The Morgan fingerprint density at radius 3 is 2.54 bits per heavy atom. The second-order valence-electron chi connectivity index (χ2n) is 5.06. The lowest BCUT2D eigenvalue weighted by molar-refractivity contribution is 0.0467. The van der Waals surface area contributed by atoms with E-state index in [0.29, 0.717) is 12.3 Å². The van der Waals surface area contributed by atoms with Crippen molar-refractivity contribution in [2.75, 3.05) is 6.61 Å². The summed E-state index contributed by atoms with van der Waals surface area (Å²) in [6, 6.07) is 17.2. The molecular formula is C19H17NO3S. The van der Waals surface area contributed by atoms with Crippen molar-refractivity contribution in [2.24, 2.45) is 0 Å². The van der Waals surface area contributed by atoms with Gasteiger partial charge >= 0.3 is 5.97 Å². The molecule has 0 radical (unpaired) electrons. The molecular weight excluding hydrogens is 322 g/mol. The Morgan fingerprint density at radius 1 is 1.08 bits per heavy atom. The third-order valence-electron chi connectivity index (χ3n) is 3.34. The van der Waals surface area contributed by atoms with Gasteiger partial charge in [0, 0.05) is 10.9 Å². The highest BCUT2D eigenvalue weighted by molar-refractivity contribution is 7.13. The van der Waals surface area contributed by atoms with Crippen molar-refractivity contribution in [1.29, 1.82) is 0 Å². The number of benzene rings is 2. The molecule has 0 spiro atoms. The molecule has 5 heteroatoms. The summed E-state index contributed by atoms with van der Waals surface area (Å²) in [7, 11) is 0. The Balaban J connectivity index is 1.65. The van der Waals surface area contributed by atoms with Crippen LogP contribution < -0.4 is 4.74 Å². The Morgan fingerprint density at radius 2 is 1.83 bits per heavy atom. The molecule has 0 aliphatic carbocycles. The fourth-order valence-corrected chi connectivity index (χ4v) is 2.95. The van der Waals surface area contributed by atoms with Crippen molar-refractivity contribution in [3.8, 4) is 16.3 Å². The van der Waals surface area contributed by atoms with Crippen LogP contribution in [0.3, 0.4) is 0 Å². The van der Waals surface area contributed by atoms with Crippen LogP contribution in [-0.4, -0.2) is 17.6 Å². The zero-order valence-corrected chi connectivity index (χ0v) is 14.1. The fourth-order valence-electron chi connectivity index (χ4n) is 2.16. The van der Waals surface area contributed by atoms with Gasteiger partial charge in [-0.05, 0) is 36.8 Å². The van der Waals surface area contributed by atoms with E-state index in [1.165, 1.54) is 11.3 Å². The van der Waals surface area contributed by atoms with E-state index in [-0.39, 0.29) is 6.61 Å². The summed E-state index contributed by atoms with van der Waals surface area (Å²) < 4.78 is 10.7. The lowest BCUT2D eigenvalue weighted by Gasteiger charge is -2.03. The largest absolute Gasteiger partial charge is 0.494 e. The average molecular weight is 339 g/mol. The van der Waals surface area contributed by atoms with Crippen LogP contribution >= 0.6 is 11.3 Å². The van der Waals surface area contributed by atoms with Crippen molar-refractivity contribution in [3.63, 3.8) is 0 Å². The molecule has 2 aromatic carbocycles. The van der Waals surface area contributed by atoms with Crippen LogP contribution in [0.4, 0.5) is 0 Å². The first kappa shape index (κ1) is 16.2. The summed E-state index contributed by atoms with van der Waals surface area (Å²) in [5.74, 6) is 0.410. The summed E-state index contributed by atoms with van der Waals surface area (Å²) in [6.45, 7) is 2.83. The minimum absolute atomic E-state index is 0.246. The zero-order chi connectivity index (χ0) is 16.8. The lowest BCUT2D eigenvalue weighted by Crippen LogP contribution is -2.05. The number of aromatic nitrogens is 1. The molecule has 0 aliphatic heterocycles. The standard InChI is InChI=1S/C19H17NO3S/c1-2-22-16-10-8-15(9-11-16)18-20-17(13-24-18)19(21)23-12-14-6-4-3-5-7-14/h3-11,13H,2,12H2,1H3. The molecule has 0 saturated carbocycles. The Labute approximate surface area is 144 Å². The molecule has 3 rings (SSSR count). The van der Waals surface area contributed by atoms with Crippen LogP contribution in [0.2, 0.25) is 0 Å². The molecule has 0 aliphatic rings. The van der Waals surface area contributed by atoms with E-state index in [1.807, 2.05) is 61.5 Å². The highest BCUT2D eigenvalue weighted by atomic mass is 32.1. The van der Waals surface area contributed by atoms with E-state index in [9.17, 15) is 4.79 Å². The van der Waals surface area contributed by atoms with Gasteiger partial charge in [-0.1, -0.05) is 30.3 Å². The third kappa shape index (κ3) is 4.00. The maximum absolute atomic E-state index is 12.1. The summed E-state index contributed by atoms with van der Waals surface area (Å²) in [6.07, 6.45) is 0. The monoisotopic (exact) mass is 339 g/mol. The van der Waals surface area contributed by atoms with Crippen LogP contribution in [0.5, 0.6) is 5.75 Å². The first-order chi connectivity index (χ1) is 11.8. The van der Waals surface area contributed by atoms with E-state index < -0.39 is 5.97 Å². The minimum Gasteiger partial charge on any atom is -0.494 e. The maximum Gasteiger partial charge on any atom is 0.358 e. The Bertz CT molecular complexity index is 797. The molecule has 24 heavy (non-hydrogen) atoms. The van der Waals surface area contributed by atoms with Gasteiger partial charge in [-0.25, -0.2) is 9.78 Å². The molecule has 122 valence electrons. The molecule has 1 heterocycles. The van der Waals surface area contributed by atoms with Gasteiger partial charge < -0.3 is 9.47 Å². The van der Waals surface area contributed by atoms with Gasteiger partial charge in [-0.2, -0.15) is 0 Å². The van der Waals surface area contributed by atoms with Crippen molar-refractivity contribution in [2.45, 2.75) is 13.5 Å². The van der Waals surface area contributed by atoms with E-state index >= 15 is 0 Å². The van der Waals surface area contributed by atoms with Crippen LogP contribution in [0.25, 0.3) is 10.6 Å². The molecule has 0 saturated heterocycles. The number of thiazole rings is 1. The quantitative estimate of drug-likeness (QED) is 0.618. The highest BCUT2D eigenvalue weighted by Gasteiger charge is 2.13. The van der Waals surface area contributed by atoms with E-state index in [2.05, 4.69) is 4.98 Å². The van der Waals surface area contributed by atoms with E-state index in [4.69, 9.17) is 9.47 Å². The number of rotatable bonds is 6. The van der Waals surface area contributed by atoms with Crippen LogP contribution in [0.15, 0.2) is 60.0 Å². The second-order valence-corrected chi connectivity index (χ2v) is 5.92. The molecule has 1 aromatic heterocycles. The average Bonchev–Trinajstić information content (AvgIpc) is 3.12. The molecule has 0 atom stereocenters. The Kier molecular flexibility index (Phi) is 5.23. The normalized spacial score (nSPS) is 10.4. The van der Waals surface area contributed by atoms with Gasteiger partial charge in [-0.15, -0.1) is 11.3 Å². The molecule has 0 unspecified atom stereocenters. The molecule has 0 bridgehead atoms. The maximum atomic E-state index is 12.1. The number of carbonyl (C=O) groups excluding carboxylic acids is 1. The smallest absolute Gasteiger partial charge is 0.358 e. The first-order valence-corrected chi connectivity index (χ1v) is 8.54. The van der Waals surface area contributed by atoms with Crippen molar-refractivity contribution in [1.82, 2.24) is 4.98 Å². The minimum atomic E-state index is -0.410. The summed E-state index contributed by atoms with van der Waals surface area (Å²) in [5, 5.41) is 2.50. The number of hydrogen-bond acceptors (Lipinski definition) is 5. The van der Waals surface area contributed by atoms with Gasteiger partial charge in [0.1, 0.15) is 17.4 Å². The first-order valence-electron chi connectivity index (χ1n) is 7.66. The van der Waals surface area contributed by atoms with Gasteiger partial charge in [-0.3, -0.25) is 0 Å². The number of carbonyl (C=O) groups is 1. The number of nitrogens with zero attached hydrogens (tertiary/aromatic N) is 1. The highest BCUT2D eigenvalue weighted by Crippen LogP contribution is 2.26. The topological polar surface area (TPSA) is 48.4 Å². The predicted octanol–water partition coefficient (Wildman–Crippen LogP) is 4.57. The fraction of sp³-hybridized carbons (Fsp3) is 0.158. The summed E-state index contributed by atoms with van der Waals surface area (Å²) in [5.41, 5.74) is 2.23. The third-order valence-corrected chi connectivity index (χ3v) is 4.23. The number of hydrogen-bond donors (Lipinski definition) is 0.